The molecule has 0 aromatic heterocycles. The zero-order chi connectivity index (χ0) is 32.3. The molecule has 10 nitrogen and oxygen atoms in total. The molecule has 11 atom stereocenters. The Balaban J connectivity index is 1.50. The zero-order valence-electron chi connectivity index (χ0n) is 27.2. The molecule has 44 heavy (non-hydrogen) atoms. The molecule has 4 fully saturated rings. The van der Waals surface area contributed by atoms with Gasteiger partial charge in [0.2, 0.25) is 0 Å². The van der Waals surface area contributed by atoms with Crippen molar-refractivity contribution < 1.29 is 48.3 Å². The van der Waals surface area contributed by atoms with Crippen LogP contribution in [0, 0.1) is 33.5 Å². The molecular formula is C34H48O10. The number of aliphatic hydroxyl groups is 2. The minimum absolute atomic E-state index is 0.175. The second-order valence-electron chi connectivity index (χ2n) is 15.9. The largest absolute Gasteiger partial charge is 0.458 e. The van der Waals surface area contributed by atoms with Gasteiger partial charge in [-0.25, -0.2) is 0 Å². The van der Waals surface area contributed by atoms with E-state index in [-0.39, 0.29) is 28.2 Å². The van der Waals surface area contributed by atoms with E-state index in [1.54, 1.807) is 12.2 Å². The van der Waals surface area contributed by atoms with Gasteiger partial charge in [-0.05, 0) is 48.7 Å². The summed E-state index contributed by atoms with van der Waals surface area (Å²) >= 11 is 0. The number of carbonyl (C=O) groups excluding carboxylic acids is 3. The maximum Gasteiger partial charge on any atom is 0.303 e. The highest BCUT2D eigenvalue weighted by Crippen LogP contribution is 2.69. The Hall–Kier alpha value is -2.11. The molecule has 0 aromatic rings. The van der Waals surface area contributed by atoms with Crippen LogP contribution in [0.2, 0.25) is 0 Å². The van der Waals surface area contributed by atoms with E-state index in [1.807, 2.05) is 6.92 Å². The van der Waals surface area contributed by atoms with Crippen molar-refractivity contribution in [3.8, 4) is 0 Å². The molecule has 2 heterocycles. The van der Waals surface area contributed by atoms with Crippen molar-refractivity contribution >= 4 is 18.2 Å². The van der Waals surface area contributed by atoms with E-state index in [2.05, 4.69) is 34.6 Å². The molecule has 2 aliphatic heterocycles. The molecule has 0 bridgehead atoms. The molecule has 2 saturated carbocycles. The molecule has 0 aromatic carbocycles. The summed E-state index contributed by atoms with van der Waals surface area (Å²) in [7, 11) is 0. The average molecular weight is 617 g/mol. The van der Waals surface area contributed by atoms with Gasteiger partial charge in [0, 0.05) is 47.7 Å². The highest BCUT2D eigenvalue weighted by molar-refractivity contribution is 5.73. The third-order valence-corrected chi connectivity index (χ3v) is 12.4. The van der Waals surface area contributed by atoms with Crippen molar-refractivity contribution in [2.75, 3.05) is 0 Å². The third-order valence-electron chi connectivity index (χ3n) is 12.4. The summed E-state index contributed by atoms with van der Waals surface area (Å²) in [6.45, 7) is 15.2. The molecule has 0 amide bonds. The van der Waals surface area contributed by atoms with E-state index in [4.69, 9.17) is 23.7 Å². The Bertz CT molecular complexity index is 1320. The molecule has 4 aliphatic carbocycles. The third kappa shape index (κ3) is 4.06. The zero-order valence-corrected chi connectivity index (χ0v) is 27.2. The van der Waals surface area contributed by atoms with E-state index in [0.717, 1.165) is 25.7 Å². The number of rotatable bonds is 4. The summed E-state index contributed by atoms with van der Waals surface area (Å²) in [5, 5.41) is 23.7. The van der Waals surface area contributed by atoms with Crippen molar-refractivity contribution in [3.63, 3.8) is 0 Å². The van der Waals surface area contributed by atoms with Crippen LogP contribution in [0.1, 0.15) is 93.9 Å². The smallest absolute Gasteiger partial charge is 0.303 e. The van der Waals surface area contributed by atoms with E-state index in [0.29, 0.717) is 24.7 Å². The topological polar surface area (TPSA) is 138 Å². The second kappa shape index (κ2) is 9.94. The van der Waals surface area contributed by atoms with Gasteiger partial charge in [-0.3, -0.25) is 14.4 Å². The molecule has 244 valence electrons. The number of esters is 2. The molecule has 10 heteroatoms. The quantitative estimate of drug-likeness (QED) is 0.270. The van der Waals surface area contributed by atoms with Gasteiger partial charge in [-0.15, -0.1) is 0 Å². The summed E-state index contributed by atoms with van der Waals surface area (Å²) in [5.74, 6) is -1.44. The summed E-state index contributed by atoms with van der Waals surface area (Å²) in [6, 6.07) is 0. The van der Waals surface area contributed by atoms with Crippen molar-refractivity contribution in [1.29, 1.82) is 0 Å². The first kappa shape index (κ1) is 31.9. The van der Waals surface area contributed by atoms with Crippen LogP contribution < -0.4 is 0 Å². The lowest BCUT2D eigenvalue weighted by molar-refractivity contribution is -0.211. The van der Waals surface area contributed by atoms with Gasteiger partial charge >= 0.3 is 11.9 Å². The lowest BCUT2D eigenvalue weighted by Gasteiger charge is -2.61. The SMILES string of the molecule is CC(=O)O[C@H]1C=C([C@@H]2O[C@@H]3O[C@H](O)C4=C[C@H](OC(C)=O)[C@H]5C(C)(C)CCC[C@]5(C)[C@]43O2)[C@](O)(C=O)[C@@]2(C)CCCC(C)(C)[C@H]12. The van der Waals surface area contributed by atoms with Gasteiger partial charge in [0.05, 0.1) is 0 Å². The summed E-state index contributed by atoms with van der Waals surface area (Å²) in [4.78, 5) is 37.7. The van der Waals surface area contributed by atoms with Crippen LogP contribution in [0.25, 0.3) is 0 Å². The number of ether oxygens (including phenoxy) is 5. The highest BCUT2D eigenvalue weighted by Gasteiger charge is 2.76. The lowest BCUT2D eigenvalue weighted by atomic mass is 9.46. The number of hydrogen-bond acceptors (Lipinski definition) is 10. The van der Waals surface area contributed by atoms with Gasteiger partial charge < -0.3 is 33.9 Å². The van der Waals surface area contributed by atoms with Crippen LogP contribution in [-0.2, 0) is 38.1 Å². The average Bonchev–Trinajstić information content (AvgIpc) is 3.38. The fourth-order valence-electron chi connectivity index (χ4n) is 10.9. The first-order valence-electron chi connectivity index (χ1n) is 16.0. The minimum atomic E-state index is -1.99. The Kier molecular flexibility index (Phi) is 7.20. The van der Waals surface area contributed by atoms with Gasteiger partial charge in [0.1, 0.15) is 12.2 Å². The highest BCUT2D eigenvalue weighted by atomic mass is 16.8. The molecule has 2 saturated heterocycles. The Morgan fingerprint density at radius 3 is 1.84 bits per heavy atom. The Labute approximate surface area is 259 Å². The molecule has 1 spiro atoms. The van der Waals surface area contributed by atoms with Gasteiger partial charge in [0.25, 0.3) is 0 Å². The molecule has 6 aliphatic rings. The molecular weight excluding hydrogens is 568 g/mol. The Morgan fingerprint density at radius 2 is 1.32 bits per heavy atom. The van der Waals surface area contributed by atoms with Gasteiger partial charge in [-0.2, -0.15) is 0 Å². The number of carbonyl (C=O) groups is 3. The van der Waals surface area contributed by atoms with Crippen molar-refractivity contribution in [2.24, 2.45) is 33.5 Å². The number of hydrogen-bond donors (Lipinski definition) is 2. The first-order chi connectivity index (χ1) is 20.4. The fourth-order valence-corrected chi connectivity index (χ4v) is 10.9. The molecule has 2 N–H and O–H groups in total. The van der Waals surface area contributed by atoms with Gasteiger partial charge in [0.15, 0.2) is 36.4 Å². The van der Waals surface area contributed by atoms with Crippen molar-refractivity contribution in [3.05, 3.63) is 23.3 Å². The number of aliphatic hydroxyl groups excluding tert-OH is 1. The maximum atomic E-state index is 13.1. The molecule has 6 rings (SSSR count). The van der Waals surface area contributed by atoms with Crippen molar-refractivity contribution in [1.82, 2.24) is 0 Å². The molecule has 0 unspecified atom stereocenters. The van der Waals surface area contributed by atoms with Crippen LogP contribution in [0.5, 0.6) is 0 Å². The van der Waals surface area contributed by atoms with Crippen LogP contribution in [0.4, 0.5) is 0 Å². The maximum absolute atomic E-state index is 13.1. The first-order valence-corrected chi connectivity index (χ1v) is 16.0. The minimum Gasteiger partial charge on any atom is -0.458 e. The molecule has 0 radical (unpaired) electrons. The summed E-state index contributed by atoms with van der Waals surface area (Å²) in [5.41, 5.74) is -5.02. The van der Waals surface area contributed by atoms with Crippen LogP contribution in [0.15, 0.2) is 23.3 Å². The number of aldehydes is 1. The van der Waals surface area contributed by atoms with Crippen LogP contribution in [0.3, 0.4) is 0 Å². The summed E-state index contributed by atoms with van der Waals surface area (Å²) < 4.78 is 31.3. The number of fused-ring (bicyclic) bond motifs is 2. The lowest BCUT2D eigenvalue weighted by Crippen LogP contribution is -2.66. The predicted octanol–water partition coefficient (Wildman–Crippen LogP) is 4.11. The predicted molar refractivity (Wildman–Crippen MR) is 156 cm³/mol. The summed E-state index contributed by atoms with van der Waals surface area (Å²) in [6.07, 6.45) is 3.58. The van der Waals surface area contributed by atoms with Crippen LogP contribution >= 0.6 is 0 Å². The fraction of sp³-hybridized carbons (Fsp3) is 0.794. The van der Waals surface area contributed by atoms with E-state index < -0.39 is 65.0 Å². The van der Waals surface area contributed by atoms with E-state index in [1.165, 1.54) is 13.8 Å². The van der Waals surface area contributed by atoms with Gasteiger partial charge in [-0.1, -0.05) is 54.4 Å². The monoisotopic (exact) mass is 616 g/mol. The standard InChI is InChI=1S/C34H48O10/c1-18(36)40-22-15-20-26(38)42-28-34(20,32(8)14-10-12-30(5,6)25(22)32)44-27(43-28)21-16-23(41-19(2)37)24-29(3,4)11-9-13-31(24,7)33(21,39)17-35/h15-17,22-28,38-39H,9-14H2,1-8H3/t22-,23-,24-,25-,26-,27+,28-,31-,32-,33+,34-/m0/s1. The van der Waals surface area contributed by atoms with E-state index >= 15 is 0 Å². The van der Waals surface area contributed by atoms with E-state index in [9.17, 15) is 24.6 Å². The van der Waals surface area contributed by atoms with Crippen LogP contribution in [-0.4, -0.2) is 70.7 Å². The van der Waals surface area contributed by atoms with Crippen molar-refractivity contribution in [2.45, 2.75) is 136 Å². The normalized spacial score (nSPS) is 48.5. The Morgan fingerprint density at radius 1 is 0.818 bits per heavy atom. The second-order valence-corrected chi connectivity index (χ2v) is 15.9.